The molecule has 1 aliphatic carbocycles. The Labute approximate surface area is 170 Å². The number of hydrogen-bond donors (Lipinski definition) is 1. The average Bonchev–Trinajstić information content (AvgIpc) is 3.34. The van der Waals surface area contributed by atoms with Crippen LogP contribution in [-0.4, -0.2) is 40.4 Å². The van der Waals surface area contributed by atoms with E-state index >= 15 is 0 Å². The van der Waals surface area contributed by atoms with Crippen molar-refractivity contribution >= 4 is 23.2 Å². The second kappa shape index (κ2) is 8.11. The first-order valence-electron chi connectivity index (χ1n) is 10.4. The average molecular weight is 400 g/mol. The number of rotatable bonds is 4. The largest absolute Gasteiger partial charge is 0.354 e. The summed E-state index contributed by atoms with van der Waals surface area (Å²) in [5.74, 6) is 0.292. The van der Waals surface area contributed by atoms with Gasteiger partial charge < -0.3 is 14.8 Å². The Kier molecular flexibility index (Phi) is 5.58. The van der Waals surface area contributed by atoms with E-state index in [0.29, 0.717) is 13.1 Å². The molecule has 2 amide bonds. The van der Waals surface area contributed by atoms with Crippen molar-refractivity contribution in [3.05, 3.63) is 40.5 Å². The van der Waals surface area contributed by atoms with Crippen molar-refractivity contribution in [1.82, 2.24) is 14.8 Å². The monoisotopic (exact) mass is 399 g/mol. The first kappa shape index (κ1) is 19.2. The van der Waals surface area contributed by atoms with Gasteiger partial charge in [-0.25, -0.2) is 0 Å². The molecule has 1 aliphatic heterocycles. The summed E-state index contributed by atoms with van der Waals surface area (Å²) in [5, 5.41) is 4.07. The molecule has 0 aromatic carbocycles. The highest BCUT2D eigenvalue weighted by Crippen LogP contribution is 2.38. The zero-order valence-corrected chi connectivity index (χ0v) is 17.6. The van der Waals surface area contributed by atoms with Gasteiger partial charge in [0.15, 0.2) is 0 Å². The maximum absolute atomic E-state index is 13.5. The van der Waals surface area contributed by atoms with Crippen LogP contribution in [0, 0.1) is 5.92 Å². The molecule has 28 heavy (non-hydrogen) atoms. The summed E-state index contributed by atoms with van der Waals surface area (Å²) in [6, 6.07) is 4.17. The molecule has 1 N–H and O–H groups in total. The number of nitrogens with zero attached hydrogens (tertiary/aromatic N) is 2. The third-order valence-electron chi connectivity index (χ3n) is 5.79. The third kappa shape index (κ3) is 3.75. The maximum Gasteiger partial charge on any atom is 0.257 e. The number of hydrogen-bond acceptors (Lipinski definition) is 3. The predicted octanol–water partition coefficient (Wildman–Crippen LogP) is 3.79. The maximum atomic E-state index is 13.5. The van der Waals surface area contributed by atoms with Crippen molar-refractivity contribution in [3.8, 4) is 5.00 Å². The molecule has 0 unspecified atom stereocenters. The van der Waals surface area contributed by atoms with E-state index in [1.807, 2.05) is 43.3 Å². The summed E-state index contributed by atoms with van der Waals surface area (Å²) in [6.45, 7) is 5.29. The van der Waals surface area contributed by atoms with Crippen LogP contribution >= 0.6 is 11.3 Å². The molecular formula is C22H29N3O2S. The van der Waals surface area contributed by atoms with Crippen molar-refractivity contribution in [2.45, 2.75) is 58.4 Å². The van der Waals surface area contributed by atoms with Crippen LogP contribution in [0.5, 0.6) is 0 Å². The van der Waals surface area contributed by atoms with Crippen molar-refractivity contribution < 1.29 is 9.59 Å². The number of thiophene rings is 1. The molecular weight excluding hydrogens is 370 g/mol. The van der Waals surface area contributed by atoms with Crippen LogP contribution in [0.25, 0.3) is 5.00 Å². The molecule has 150 valence electrons. The van der Waals surface area contributed by atoms with Crippen LogP contribution in [-0.2, 0) is 17.6 Å². The first-order valence-corrected chi connectivity index (χ1v) is 11.2. The van der Waals surface area contributed by atoms with Crippen molar-refractivity contribution in [2.75, 3.05) is 13.1 Å². The Bertz CT molecular complexity index is 846. The number of aryl methyl sites for hydroxylation is 1. The number of nitrogens with one attached hydrogen (secondary N) is 1. The SMILES string of the molecule is CC(C)NC(=O)C1CCN(C(=O)c2c(-n3cccc3)sc3c2CCCC3)CC1. The van der Waals surface area contributed by atoms with Crippen molar-refractivity contribution in [1.29, 1.82) is 0 Å². The molecule has 4 rings (SSSR count). The molecule has 5 nitrogen and oxygen atoms in total. The highest BCUT2D eigenvalue weighted by Gasteiger charge is 2.32. The lowest BCUT2D eigenvalue weighted by Crippen LogP contribution is -2.44. The van der Waals surface area contributed by atoms with Gasteiger partial charge in [0.2, 0.25) is 5.91 Å². The molecule has 2 aromatic rings. The molecule has 0 radical (unpaired) electrons. The highest BCUT2D eigenvalue weighted by atomic mass is 32.1. The predicted molar refractivity (Wildman–Crippen MR) is 112 cm³/mol. The van der Waals surface area contributed by atoms with Gasteiger partial charge in [0, 0.05) is 42.3 Å². The number of amides is 2. The molecule has 0 bridgehead atoms. The molecule has 3 heterocycles. The van der Waals surface area contributed by atoms with Gasteiger partial charge in [0.05, 0.1) is 5.56 Å². The highest BCUT2D eigenvalue weighted by molar-refractivity contribution is 7.15. The summed E-state index contributed by atoms with van der Waals surface area (Å²) in [4.78, 5) is 29.2. The smallest absolute Gasteiger partial charge is 0.257 e. The summed E-state index contributed by atoms with van der Waals surface area (Å²) in [6.07, 6.45) is 9.99. The van der Waals surface area contributed by atoms with Crippen LogP contribution in [0.15, 0.2) is 24.5 Å². The van der Waals surface area contributed by atoms with Gasteiger partial charge in [-0.2, -0.15) is 0 Å². The number of piperidine rings is 1. The first-order chi connectivity index (χ1) is 13.5. The van der Waals surface area contributed by atoms with Crippen LogP contribution in [0.2, 0.25) is 0 Å². The molecule has 6 heteroatoms. The van der Waals surface area contributed by atoms with Gasteiger partial charge >= 0.3 is 0 Å². The molecule has 0 atom stereocenters. The zero-order chi connectivity index (χ0) is 19.7. The number of fused-ring (bicyclic) bond motifs is 1. The number of carbonyl (C=O) groups is 2. The van der Waals surface area contributed by atoms with E-state index in [1.165, 1.54) is 16.9 Å². The van der Waals surface area contributed by atoms with Crippen molar-refractivity contribution in [2.24, 2.45) is 5.92 Å². The summed E-state index contributed by atoms with van der Waals surface area (Å²) < 4.78 is 2.08. The number of likely N-dealkylation sites (tertiary alicyclic amines) is 1. The summed E-state index contributed by atoms with van der Waals surface area (Å²) in [7, 11) is 0. The molecule has 0 spiro atoms. The lowest BCUT2D eigenvalue weighted by molar-refractivity contribution is -0.126. The minimum absolute atomic E-state index is 0.0201. The van der Waals surface area contributed by atoms with E-state index in [4.69, 9.17) is 0 Å². The van der Waals surface area contributed by atoms with Gasteiger partial charge in [-0.05, 0) is 70.1 Å². The molecule has 1 fully saturated rings. The van der Waals surface area contributed by atoms with Gasteiger partial charge in [-0.15, -0.1) is 11.3 Å². The normalized spacial score (nSPS) is 17.6. The van der Waals surface area contributed by atoms with E-state index in [1.54, 1.807) is 11.3 Å². The fraction of sp³-hybridized carbons (Fsp3) is 0.545. The Hall–Kier alpha value is -2.08. The molecule has 2 aromatic heterocycles. The third-order valence-corrected chi connectivity index (χ3v) is 7.09. The zero-order valence-electron chi connectivity index (χ0n) is 16.7. The fourth-order valence-electron chi connectivity index (χ4n) is 4.33. The van der Waals surface area contributed by atoms with E-state index in [2.05, 4.69) is 9.88 Å². The summed E-state index contributed by atoms with van der Waals surface area (Å²) in [5.41, 5.74) is 2.17. The Morgan fingerprint density at radius 1 is 1.11 bits per heavy atom. The number of aromatic nitrogens is 1. The van der Waals surface area contributed by atoms with Crippen LogP contribution < -0.4 is 5.32 Å². The minimum atomic E-state index is 0.0201. The van der Waals surface area contributed by atoms with Gasteiger partial charge in [-0.1, -0.05) is 0 Å². The standard InChI is InChI=1S/C22H29N3O2S/c1-15(2)23-20(26)16-9-13-24(14-10-16)21(27)19-17-7-3-4-8-18(17)28-22(19)25-11-5-6-12-25/h5-6,11-12,15-16H,3-4,7-10,13-14H2,1-2H3,(H,23,26). The Morgan fingerprint density at radius 3 is 2.46 bits per heavy atom. The van der Waals surface area contributed by atoms with E-state index in [-0.39, 0.29) is 23.8 Å². The van der Waals surface area contributed by atoms with Crippen LogP contribution in [0.1, 0.15) is 60.3 Å². The van der Waals surface area contributed by atoms with E-state index in [9.17, 15) is 9.59 Å². The van der Waals surface area contributed by atoms with Crippen molar-refractivity contribution in [3.63, 3.8) is 0 Å². The minimum Gasteiger partial charge on any atom is -0.354 e. The van der Waals surface area contributed by atoms with E-state index < -0.39 is 0 Å². The second-order valence-electron chi connectivity index (χ2n) is 8.21. The second-order valence-corrected chi connectivity index (χ2v) is 9.29. The lowest BCUT2D eigenvalue weighted by Gasteiger charge is -2.32. The Balaban J connectivity index is 1.54. The number of carbonyl (C=O) groups excluding carboxylic acids is 2. The van der Waals surface area contributed by atoms with Gasteiger partial charge in [-0.3, -0.25) is 9.59 Å². The quantitative estimate of drug-likeness (QED) is 0.850. The Morgan fingerprint density at radius 2 is 1.79 bits per heavy atom. The topological polar surface area (TPSA) is 54.3 Å². The van der Waals surface area contributed by atoms with Gasteiger partial charge in [0.25, 0.3) is 5.91 Å². The lowest BCUT2D eigenvalue weighted by atomic mass is 9.92. The molecule has 1 saturated heterocycles. The van der Waals surface area contributed by atoms with E-state index in [0.717, 1.165) is 42.7 Å². The summed E-state index contributed by atoms with van der Waals surface area (Å²) >= 11 is 1.78. The molecule has 2 aliphatic rings. The van der Waals surface area contributed by atoms with Gasteiger partial charge in [0.1, 0.15) is 5.00 Å². The molecule has 0 saturated carbocycles. The van der Waals surface area contributed by atoms with Crippen LogP contribution in [0.4, 0.5) is 0 Å². The van der Waals surface area contributed by atoms with Crippen LogP contribution in [0.3, 0.4) is 0 Å². The fourth-order valence-corrected chi connectivity index (χ4v) is 5.68.